The Morgan fingerprint density at radius 3 is 2.38 bits per heavy atom. The summed E-state index contributed by atoms with van der Waals surface area (Å²) in [6, 6.07) is 6.99. The third kappa shape index (κ3) is 3.24. The van der Waals surface area contributed by atoms with Crippen molar-refractivity contribution in [2.75, 3.05) is 19.0 Å². The molecule has 0 bridgehead atoms. The molecule has 0 spiro atoms. The highest BCUT2D eigenvalue weighted by Crippen LogP contribution is 2.12. The number of carbonyl (C=O) groups excluding carboxylic acids is 2. The maximum Gasteiger partial charge on any atom is 0.342 e. The fourth-order valence-corrected chi connectivity index (χ4v) is 1.10. The van der Waals surface area contributed by atoms with Gasteiger partial charge in [-0.2, -0.15) is 0 Å². The van der Waals surface area contributed by atoms with Crippen LogP contribution in [0.15, 0.2) is 36.6 Å². The summed E-state index contributed by atoms with van der Waals surface area (Å²) in [5.41, 5.74) is 1.45. The molecule has 4 heteroatoms. The highest BCUT2D eigenvalue weighted by atomic mass is 16.5. The van der Waals surface area contributed by atoms with E-state index in [1.54, 1.807) is 12.1 Å². The number of carbonyl (C=O) groups is 2. The Labute approximate surface area is 94.1 Å². The molecular formula is C12H13NO3. The van der Waals surface area contributed by atoms with Crippen LogP contribution in [0, 0.1) is 0 Å². The minimum atomic E-state index is -0.483. The number of anilines is 1. The van der Waals surface area contributed by atoms with Crippen LogP contribution in [-0.4, -0.2) is 26.4 Å². The summed E-state index contributed by atoms with van der Waals surface area (Å²) in [4.78, 5) is 23.3. The second-order valence-electron chi connectivity index (χ2n) is 3.31. The van der Waals surface area contributed by atoms with E-state index in [0.29, 0.717) is 11.8 Å². The zero-order chi connectivity index (χ0) is 12.0. The number of hydrogen-bond acceptors (Lipinski definition) is 4. The number of aldehydes is 1. The molecule has 0 aliphatic rings. The van der Waals surface area contributed by atoms with Gasteiger partial charge in [0.25, 0.3) is 0 Å². The molecule has 1 aromatic rings. The molecule has 0 radical (unpaired) electrons. The predicted molar refractivity (Wildman–Crippen MR) is 61.4 cm³/mol. The monoisotopic (exact) mass is 219 g/mol. The molecule has 84 valence electrons. The summed E-state index contributed by atoms with van der Waals surface area (Å²) in [6.07, 6.45) is 2.73. The van der Waals surface area contributed by atoms with E-state index in [-0.39, 0.29) is 0 Å². The van der Waals surface area contributed by atoms with E-state index in [4.69, 9.17) is 4.74 Å². The predicted octanol–water partition coefficient (Wildman–Crippen LogP) is 1.62. The summed E-state index contributed by atoms with van der Waals surface area (Å²) in [7, 11) is 3.83. The summed E-state index contributed by atoms with van der Waals surface area (Å²) in [5.74, 6) is -0.483. The van der Waals surface area contributed by atoms with E-state index in [1.165, 1.54) is 0 Å². The molecule has 0 saturated heterocycles. The lowest BCUT2D eigenvalue weighted by Gasteiger charge is -2.11. The van der Waals surface area contributed by atoms with Crippen LogP contribution in [-0.2, 0) is 9.53 Å². The lowest BCUT2D eigenvalue weighted by atomic mass is 10.2. The second-order valence-corrected chi connectivity index (χ2v) is 3.31. The molecule has 4 nitrogen and oxygen atoms in total. The second kappa shape index (κ2) is 5.70. The maximum atomic E-state index is 11.4. The Kier molecular flexibility index (Phi) is 4.27. The first kappa shape index (κ1) is 12.0. The van der Waals surface area contributed by atoms with Gasteiger partial charge in [-0.3, -0.25) is 4.79 Å². The molecule has 0 aliphatic heterocycles. The fourth-order valence-electron chi connectivity index (χ4n) is 1.10. The van der Waals surface area contributed by atoms with Gasteiger partial charge in [-0.15, -0.1) is 0 Å². The molecule has 0 amide bonds. The van der Waals surface area contributed by atoms with Crippen molar-refractivity contribution in [2.24, 2.45) is 0 Å². The molecule has 0 N–H and O–H groups in total. The first-order chi connectivity index (χ1) is 7.65. The number of nitrogens with zero attached hydrogens (tertiary/aromatic N) is 1. The van der Waals surface area contributed by atoms with Crippen molar-refractivity contribution in [3.63, 3.8) is 0 Å². The Morgan fingerprint density at radius 1 is 1.25 bits per heavy atom. The first-order valence-corrected chi connectivity index (χ1v) is 4.74. The molecular weight excluding hydrogens is 206 g/mol. The van der Waals surface area contributed by atoms with Crippen molar-refractivity contribution in [2.45, 2.75) is 0 Å². The molecule has 0 unspecified atom stereocenters. The van der Waals surface area contributed by atoms with Crippen LogP contribution in [0.25, 0.3) is 0 Å². The average Bonchev–Trinajstić information content (AvgIpc) is 2.29. The van der Waals surface area contributed by atoms with E-state index in [2.05, 4.69) is 0 Å². The van der Waals surface area contributed by atoms with E-state index in [1.807, 2.05) is 31.1 Å². The molecule has 1 rings (SSSR count). The minimum Gasteiger partial charge on any atom is -0.431 e. The van der Waals surface area contributed by atoms with Gasteiger partial charge in [0.1, 0.15) is 6.29 Å². The first-order valence-electron chi connectivity index (χ1n) is 4.74. The van der Waals surface area contributed by atoms with Gasteiger partial charge >= 0.3 is 5.97 Å². The Hall–Kier alpha value is -2.10. The number of allylic oxidation sites excluding steroid dienone is 1. The normalized spacial score (nSPS) is 10.1. The van der Waals surface area contributed by atoms with Gasteiger partial charge in [0.2, 0.25) is 0 Å². The quantitative estimate of drug-likeness (QED) is 0.334. The van der Waals surface area contributed by atoms with E-state index in [9.17, 15) is 9.59 Å². The van der Waals surface area contributed by atoms with Gasteiger partial charge in [-0.1, -0.05) is 0 Å². The van der Waals surface area contributed by atoms with Crippen LogP contribution in [0.1, 0.15) is 10.4 Å². The van der Waals surface area contributed by atoms with Gasteiger partial charge in [0.15, 0.2) is 0 Å². The van der Waals surface area contributed by atoms with Gasteiger partial charge in [0.05, 0.1) is 11.8 Å². The summed E-state index contributed by atoms with van der Waals surface area (Å²) < 4.78 is 4.70. The van der Waals surface area contributed by atoms with Gasteiger partial charge in [0, 0.05) is 25.9 Å². The van der Waals surface area contributed by atoms with Crippen LogP contribution in [0.2, 0.25) is 0 Å². The van der Waals surface area contributed by atoms with Crippen molar-refractivity contribution in [3.8, 4) is 0 Å². The number of ether oxygens (including phenoxy) is 1. The van der Waals surface area contributed by atoms with Gasteiger partial charge < -0.3 is 9.64 Å². The number of esters is 1. The molecule has 0 aromatic heterocycles. The van der Waals surface area contributed by atoms with E-state index in [0.717, 1.165) is 18.0 Å². The standard InChI is InChI=1S/C12H13NO3/c1-13(2)11-6-4-10(5-7-11)12(15)16-9-3-8-14/h3-9H,1-2H3/b9-3-. The topological polar surface area (TPSA) is 46.6 Å². The zero-order valence-corrected chi connectivity index (χ0v) is 9.21. The Morgan fingerprint density at radius 2 is 1.88 bits per heavy atom. The maximum absolute atomic E-state index is 11.4. The van der Waals surface area contributed by atoms with Crippen molar-refractivity contribution in [3.05, 3.63) is 42.2 Å². The summed E-state index contributed by atoms with van der Waals surface area (Å²) in [5, 5.41) is 0. The van der Waals surface area contributed by atoms with Crippen molar-refractivity contribution in [1.29, 1.82) is 0 Å². The Bertz CT molecular complexity index is 393. The van der Waals surface area contributed by atoms with Gasteiger partial charge in [-0.05, 0) is 24.3 Å². The lowest BCUT2D eigenvalue weighted by Crippen LogP contribution is -2.09. The van der Waals surface area contributed by atoms with E-state index >= 15 is 0 Å². The molecule has 0 heterocycles. The summed E-state index contributed by atoms with van der Waals surface area (Å²) >= 11 is 0. The van der Waals surface area contributed by atoms with Crippen molar-refractivity contribution < 1.29 is 14.3 Å². The molecule has 0 aliphatic carbocycles. The number of benzene rings is 1. The summed E-state index contributed by atoms with van der Waals surface area (Å²) in [6.45, 7) is 0. The molecule has 0 saturated carbocycles. The van der Waals surface area contributed by atoms with Crippen LogP contribution < -0.4 is 4.90 Å². The highest BCUT2D eigenvalue weighted by Gasteiger charge is 2.05. The van der Waals surface area contributed by atoms with Crippen LogP contribution >= 0.6 is 0 Å². The van der Waals surface area contributed by atoms with Crippen LogP contribution in [0.4, 0.5) is 5.69 Å². The molecule has 0 fully saturated rings. The smallest absolute Gasteiger partial charge is 0.342 e. The largest absolute Gasteiger partial charge is 0.431 e. The number of hydrogen-bond donors (Lipinski definition) is 0. The van der Waals surface area contributed by atoms with Crippen LogP contribution in [0.3, 0.4) is 0 Å². The lowest BCUT2D eigenvalue weighted by molar-refractivity contribution is -0.104. The van der Waals surface area contributed by atoms with Crippen LogP contribution in [0.5, 0.6) is 0 Å². The SMILES string of the molecule is CN(C)c1ccc(C(=O)O/C=C\C=O)cc1. The minimum absolute atomic E-state index is 0.446. The highest BCUT2D eigenvalue weighted by molar-refractivity contribution is 5.90. The van der Waals surface area contributed by atoms with Gasteiger partial charge in [-0.25, -0.2) is 4.79 Å². The fraction of sp³-hybridized carbons (Fsp3) is 0.167. The average molecular weight is 219 g/mol. The third-order valence-corrected chi connectivity index (χ3v) is 1.95. The van der Waals surface area contributed by atoms with E-state index < -0.39 is 5.97 Å². The molecule has 0 atom stereocenters. The molecule has 1 aromatic carbocycles. The number of rotatable bonds is 4. The molecule has 16 heavy (non-hydrogen) atoms. The Balaban J connectivity index is 2.70. The third-order valence-electron chi connectivity index (χ3n) is 1.95. The van der Waals surface area contributed by atoms with Crippen molar-refractivity contribution in [1.82, 2.24) is 0 Å². The zero-order valence-electron chi connectivity index (χ0n) is 9.21. The van der Waals surface area contributed by atoms with Crippen molar-refractivity contribution >= 4 is 17.9 Å².